The van der Waals surface area contributed by atoms with Crippen LogP contribution in [0.15, 0.2) is 0 Å². The molecule has 0 radical (unpaired) electrons. The summed E-state index contributed by atoms with van der Waals surface area (Å²) < 4.78 is 0. The van der Waals surface area contributed by atoms with E-state index in [0.717, 1.165) is 19.3 Å². The number of carbonyl (C=O) groups is 2. The van der Waals surface area contributed by atoms with Gasteiger partial charge in [0.25, 0.3) is 0 Å². The number of carboxylic acids is 1. The summed E-state index contributed by atoms with van der Waals surface area (Å²) in [6, 6.07) is -1.05. The molecule has 0 rings (SSSR count). The van der Waals surface area contributed by atoms with Crippen molar-refractivity contribution in [2.75, 3.05) is 13.1 Å². The average molecular weight is 272 g/mol. The smallest absolute Gasteiger partial charge is 0.326 e. The first-order valence-corrected chi connectivity index (χ1v) is 7.28. The van der Waals surface area contributed by atoms with Crippen molar-refractivity contribution in [3.8, 4) is 0 Å². The van der Waals surface area contributed by atoms with E-state index in [1.54, 1.807) is 4.90 Å². The molecule has 112 valence electrons. The Labute approximate surface area is 116 Å². The number of hydrogen-bond acceptors (Lipinski definition) is 2. The third-order valence-corrected chi connectivity index (χ3v) is 3.48. The monoisotopic (exact) mass is 272 g/mol. The lowest BCUT2D eigenvalue weighted by molar-refractivity contribution is -0.139. The lowest BCUT2D eigenvalue weighted by Crippen LogP contribution is -2.49. The molecular weight excluding hydrogens is 244 g/mol. The fraction of sp³-hybridized carbons (Fsp3) is 0.857. The number of nitrogens with one attached hydrogen (secondary N) is 1. The lowest BCUT2D eigenvalue weighted by Gasteiger charge is -2.27. The van der Waals surface area contributed by atoms with Gasteiger partial charge in [-0.2, -0.15) is 0 Å². The van der Waals surface area contributed by atoms with Gasteiger partial charge in [0.15, 0.2) is 0 Å². The molecule has 5 heteroatoms. The molecular formula is C14H28N2O3. The van der Waals surface area contributed by atoms with Crippen LogP contribution in [-0.4, -0.2) is 41.1 Å². The fourth-order valence-corrected chi connectivity index (χ4v) is 2.00. The Balaban J connectivity index is 4.52. The minimum atomic E-state index is -0.964. The Hall–Kier alpha value is -1.26. The number of hydrogen-bond donors (Lipinski definition) is 2. The minimum absolute atomic E-state index is 0.268. The molecule has 2 N–H and O–H groups in total. The summed E-state index contributed by atoms with van der Waals surface area (Å²) >= 11 is 0. The summed E-state index contributed by atoms with van der Waals surface area (Å²) in [6.45, 7) is 9.32. The second-order valence-electron chi connectivity index (χ2n) is 4.85. The molecule has 1 atom stereocenters. The zero-order chi connectivity index (χ0) is 14.8. The molecule has 5 nitrogen and oxygen atoms in total. The highest BCUT2D eigenvalue weighted by molar-refractivity contribution is 5.82. The number of rotatable bonds is 9. The third kappa shape index (κ3) is 6.45. The van der Waals surface area contributed by atoms with Crippen molar-refractivity contribution in [2.45, 2.75) is 59.4 Å². The number of amides is 2. The van der Waals surface area contributed by atoms with E-state index in [0.29, 0.717) is 25.4 Å². The van der Waals surface area contributed by atoms with E-state index in [-0.39, 0.29) is 6.03 Å². The number of aliphatic carboxylic acids is 1. The summed E-state index contributed by atoms with van der Waals surface area (Å²) in [5, 5.41) is 11.7. The van der Waals surface area contributed by atoms with Gasteiger partial charge in [-0.25, -0.2) is 9.59 Å². The molecule has 0 aliphatic carbocycles. The van der Waals surface area contributed by atoms with E-state index >= 15 is 0 Å². The van der Waals surface area contributed by atoms with Crippen molar-refractivity contribution in [1.82, 2.24) is 10.2 Å². The Kier molecular flexibility index (Phi) is 9.00. The summed E-state index contributed by atoms with van der Waals surface area (Å²) in [6.07, 6.45) is 3.24. The van der Waals surface area contributed by atoms with Gasteiger partial charge >= 0.3 is 12.0 Å². The van der Waals surface area contributed by atoms with Gasteiger partial charge in [0.05, 0.1) is 0 Å². The van der Waals surface area contributed by atoms with Crippen LogP contribution in [0.3, 0.4) is 0 Å². The summed E-state index contributed by atoms with van der Waals surface area (Å²) in [5.41, 5.74) is 0. The van der Waals surface area contributed by atoms with Crippen LogP contribution in [-0.2, 0) is 4.79 Å². The predicted octanol–water partition coefficient (Wildman–Crippen LogP) is 2.71. The van der Waals surface area contributed by atoms with Crippen molar-refractivity contribution in [3.63, 3.8) is 0 Å². The van der Waals surface area contributed by atoms with Gasteiger partial charge < -0.3 is 15.3 Å². The predicted molar refractivity (Wildman–Crippen MR) is 76.2 cm³/mol. The molecule has 0 aromatic carbocycles. The van der Waals surface area contributed by atoms with Crippen molar-refractivity contribution < 1.29 is 14.7 Å². The Morgan fingerprint density at radius 3 is 2.11 bits per heavy atom. The molecule has 2 amide bonds. The Morgan fingerprint density at radius 2 is 1.74 bits per heavy atom. The molecule has 0 unspecified atom stereocenters. The van der Waals surface area contributed by atoms with E-state index < -0.39 is 12.0 Å². The number of urea groups is 1. The first-order chi connectivity index (χ1) is 8.99. The van der Waals surface area contributed by atoms with Gasteiger partial charge in [-0.3, -0.25) is 0 Å². The van der Waals surface area contributed by atoms with E-state index in [4.69, 9.17) is 5.11 Å². The number of carboxylic acid groups (broad SMARTS) is 1. The maximum atomic E-state index is 12.1. The molecule has 19 heavy (non-hydrogen) atoms. The van der Waals surface area contributed by atoms with Crippen molar-refractivity contribution in [3.05, 3.63) is 0 Å². The van der Waals surface area contributed by atoms with E-state index in [1.807, 2.05) is 13.8 Å². The van der Waals surface area contributed by atoms with E-state index in [2.05, 4.69) is 19.2 Å². The molecule has 0 saturated heterocycles. The van der Waals surface area contributed by atoms with Gasteiger partial charge in [0.1, 0.15) is 6.04 Å². The van der Waals surface area contributed by atoms with Crippen LogP contribution < -0.4 is 5.32 Å². The summed E-state index contributed by atoms with van der Waals surface area (Å²) in [7, 11) is 0. The summed E-state index contributed by atoms with van der Waals surface area (Å²) in [4.78, 5) is 24.8. The highest BCUT2D eigenvalue weighted by Crippen LogP contribution is 2.10. The minimum Gasteiger partial charge on any atom is -0.480 e. The van der Waals surface area contributed by atoms with Crippen LogP contribution in [0.5, 0.6) is 0 Å². The van der Waals surface area contributed by atoms with Crippen LogP contribution in [0.25, 0.3) is 0 Å². The van der Waals surface area contributed by atoms with Crippen LogP contribution >= 0.6 is 0 Å². The molecule has 0 aliphatic heterocycles. The van der Waals surface area contributed by atoms with Gasteiger partial charge in [-0.05, 0) is 19.3 Å². The molecule has 0 aliphatic rings. The van der Waals surface area contributed by atoms with Gasteiger partial charge in [0.2, 0.25) is 0 Å². The van der Waals surface area contributed by atoms with Crippen molar-refractivity contribution >= 4 is 12.0 Å². The second kappa shape index (κ2) is 9.64. The van der Waals surface area contributed by atoms with E-state index in [1.165, 1.54) is 0 Å². The quantitative estimate of drug-likeness (QED) is 0.678. The maximum Gasteiger partial charge on any atom is 0.326 e. The molecule has 0 spiro atoms. The molecule has 0 heterocycles. The van der Waals surface area contributed by atoms with Gasteiger partial charge in [-0.15, -0.1) is 0 Å². The van der Waals surface area contributed by atoms with Crippen LogP contribution in [0.4, 0.5) is 4.79 Å². The zero-order valence-electron chi connectivity index (χ0n) is 12.6. The first kappa shape index (κ1) is 17.7. The molecule has 0 fully saturated rings. The van der Waals surface area contributed by atoms with Gasteiger partial charge in [0, 0.05) is 13.1 Å². The molecule has 0 bridgehead atoms. The van der Waals surface area contributed by atoms with Crippen LogP contribution in [0.1, 0.15) is 53.4 Å². The largest absolute Gasteiger partial charge is 0.480 e. The van der Waals surface area contributed by atoms with Crippen LogP contribution in [0, 0.1) is 5.92 Å². The first-order valence-electron chi connectivity index (χ1n) is 7.28. The molecule has 0 aromatic heterocycles. The van der Waals surface area contributed by atoms with Crippen molar-refractivity contribution in [1.29, 1.82) is 0 Å². The lowest BCUT2D eigenvalue weighted by atomic mass is 10.0. The highest BCUT2D eigenvalue weighted by atomic mass is 16.4. The average Bonchev–Trinajstić information content (AvgIpc) is 2.39. The highest BCUT2D eigenvalue weighted by Gasteiger charge is 2.22. The van der Waals surface area contributed by atoms with Crippen LogP contribution in [0.2, 0.25) is 0 Å². The summed E-state index contributed by atoms with van der Waals surface area (Å²) in [5.74, 6) is -0.492. The molecule has 0 aromatic rings. The SMILES string of the molecule is CCC[C@@H](NC(=O)N(CC)CC(CC)CC)C(=O)O. The standard InChI is InChI=1S/C14H28N2O3/c1-5-9-12(13(17)18)15-14(19)16(8-4)10-11(6-2)7-3/h11-12H,5-10H2,1-4H3,(H,15,19)(H,17,18)/t12-/m1/s1. The maximum absolute atomic E-state index is 12.1. The Bertz CT molecular complexity index is 278. The third-order valence-electron chi connectivity index (χ3n) is 3.48. The van der Waals surface area contributed by atoms with Crippen molar-refractivity contribution in [2.24, 2.45) is 5.92 Å². The Morgan fingerprint density at radius 1 is 1.16 bits per heavy atom. The number of carbonyl (C=O) groups excluding carboxylic acids is 1. The van der Waals surface area contributed by atoms with Gasteiger partial charge in [-0.1, -0.05) is 40.0 Å². The zero-order valence-corrected chi connectivity index (χ0v) is 12.6. The normalized spacial score (nSPS) is 12.3. The molecule has 0 saturated carbocycles. The second-order valence-corrected chi connectivity index (χ2v) is 4.85. The topological polar surface area (TPSA) is 69.6 Å². The fourth-order valence-electron chi connectivity index (χ4n) is 2.00. The van der Waals surface area contributed by atoms with E-state index in [9.17, 15) is 9.59 Å². The number of nitrogens with zero attached hydrogens (tertiary/aromatic N) is 1.